The van der Waals surface area contributed by atoms with E-state index in [2.05, 4.69) is 34.5 Å². The molecule has 0 saturated heterocycles. The van der Waals surface area contributed by atoms with Gasteiger partial charge in [0.1, 0.15) is 0 Å². The van der Waals surface area contributed by atoms with Gasteiger partial charge in [-0.15, -0.1) is 5.92 Å². The molecule has 0 saturated carbocycles. The van der Waals surface area contributed by atoms with Gasteiger partial charge in [0.15, 0.2) is 0 Å². The number of nitrogens with one attached hydrogen (secondary N) is 2. The van der Waals surface area contributed by atoms with Gasteiger partial charge in [0, 0.05) is 12.7 Å². The number of rotatable bonds is 4. The quantitative estimate of drug-likeness (QED) is 0.754. The largest absolute Gasteiger partial charge is 0.327 e. The lowest BCUT2D eigenvalue weighted by Crippen LogP contribution is -2.28. The summed E-state index contributed by atoms with van der Waals surface area (Å²) in [7, 11) is 0. The standard InChI is InChI=1S/C11H16N4O/c1-3-5-6-12-11(16)14-10-8-13-15(9-10)7-4-2/h8-9H,4,6-7H2,1-2H3,(H2,12,14,16). The number of carbonyl (C=O) groups excluding carboxylic acids is 1. The molecule has 5 heteroatoms. The molecule has 0 bridgehead atoms. The summed E-state index contributed by atoms with van der Waals surface area (Å²) in [6.45, 7) is 5.01. The Morgan fingerprint density at radius 1 is 1.62 bits per heavy atom. The topological polar surface area (TPSA) is 59.0 Å². The summed E-state index contributed by atoms with van der Waals surface area (Å²) in [6, 6.07) is -0.265. The summed E-state index contributed by atoms with van der Waals surface area (Å²) >= 11 is 0. The fourth-order valence-corrected chi connectivity index (χ4v) is 1.17. The first-order valence-corrected chi connectivity index (χ1v) is 5.23. The van der Waals surface area contributed by atoms with Crippen LogP contribution in [0.2, 0.25) is 0 Å². The molecule has 2 N–H and O–H groups in total. The normalized spacial score (nSPS) is 9.12. The van der Waals surface area contributed by atoms with Crippen LogP contribution in [0.15, 0.2) is 12.4 Å². The summed E-state index contributed by atoms with van der Waals surface area (Å²) < 4.78 is 1.79. The van der Waals surface area contributed by atoms with E-state index in [1.165, 1.54) is 0 Å². The first-order chi connectivity index (χ1) is 7.76. The van der Waals surface area contributed by atoms with Crippen molar-refractivity contribution in [3.8, 4) is 11.8 Å². The molecular weight excluding hydrogens is 204 g/mol. The van der Waals surface area contributed by atoms with Crippen molar-refractivity contribution >= 4 is 11.7 Å². The molecule has 0 aliphatic rings. The molecule has 0 spiro atoms. The van der Waals surface area contributed by atoms with Crippen molar-refractivity contribution in [2.24, 2.45) is 0 Å². The highest BCUT2D eigenvalue weighted by Gasteiger charge is 2.02. The zero-order valence-electron chi connectivity index (χ0n) is 9.58. The van der Waals surface area contributed by atoms with Crippen molar-refractivity contribution in [1.82, 2.24) is 15.1 Å². The van der Waals surface area contributed by atoms with Crippen molar-refractivity contribution in [3.05, 3.63) is 12.4 Å². The predicted octanol–water partition coefficient (Wildman–Crippen LogP) is 1.44. The molecule has 1 rings (SSSR count). The number of hydrogen-bond donors (Lipinski definition) is 2. The van der Waals surface area contributed by atoms with Gasteiger partial charge >= 0.3 is 6.03 Å². The first kappa shape index (κ1) is 12.1. The Labute approximate surface area is 95.2 Å². The Hall–Kier alpha value is -1.96. The van der Waals surface area contributed by atoms with E-state index in [0.717, 1.165) is 13.0 Å². The van der Waals surface area contributed by atoms with E-state index in [0.29, 0.717) is 12.2 Å². The maximum Gasteiger partial charge on any atom is 0.320 e. The summed E-state index contributed by atoms with van der Waals surface area (Å²) in [5.74, 6) is 5.45. The monoisotopic (exact) mass is 220 g/mol. The average molecular weight is 220 g/mol. The van der Waals surface area contributed by atoms with E-state index in [4.69, 9.17) is 0 Å². The van der Waals surface area contributed by atoms with Gasteiger partial charge in [0.05, 0.1) is 18.4 Å². The molecule has 86 valence electrons. The number of amides is 2. The molecule has 16 heavy (non-hydrogen) atoms. The third-order valence-corrected chi connectivity index (χ3v) is 1.86. The van der Waals surface area contributed by atoms with E-state index in [1.807, 2.05) is 0 Å². The van der Waals surface area contributed by atoms with Crippen LogP contribution >= 0.6 is 0 Å². The SMILES string of the molecule is CC#CCNC(=O)Nc1cnn(CCC)c1. The second kappa shape index (κ2) is 6.51. The predicted molar refractivity (Wildman–Crippen MR) is 63.0 cm³/mol. The summed E-state index contributed by atoms with van der Waals surface area (Å²) in [4.78, 5) is 11.3. The van der Waals surface area contributed by atoms with Gasteiger partial charge < -0.3 is 10.6 Å². The van der Waals surface area contributed by atoms with Crippen LogP contribution in [-0.4, -0.2) is 22.4 Å². The van der Waals surface area contributed by atoms with Crippen LogP contribution in [0.3, 0.4) is 0 Å². The third kappa shape index (κ3) is 4.05. The van der Waals surface area contributed by atoms with Gasteiger partial charge in [-0.1, -0.05) is 12.8 Å². The van der Waals surface area contributed by atoms with Crippen molar-refractivity contribution in [2.45, 2.75) is 26.8 Å². The first-order valence-electron chi connectivity index (χ1n) is 5.23. The van der Waals surface area contributed by atoms with Gasteiger partial charge in [0.2, 0.25) is 0 Å². The van der Waals surface area contributed by atoms with Crippen LogP contribution in [0.1, 0.15) is 20.3 Å². The molecule has 0 aliphatic heterocycles. The van der Waals surface area contributed by atoms with Gasteiger partial charge in [0.25, 0.3) is 0 Å². The Balaban J connectivity index is 2.39. The molecule has 0 fully saturated rings. The summed E-state index contributed by atoms with van der Waals surface area (Å²) in [5.41, 5.74) is 0.690. The molecule has 0 radical (unpaired) electrons. The number of aryl methyl sites for hydroxylation is 1. The van der Waals surface area contributed by atoms with Crippen LogP contribution in [0.25, 0.3) is 0 Å². The van der Waals surface area contributed by atoms with E-state index >= 15 is 0 Å². The van der Waals surface area contributed by atoms with E-state index < -0.39 is 0 Å². The number of anilines is 1. The molecule has 1 aromatic heterocycles. The fourth-order valence-electron chi connectivity index (χ4n) is 1.17. The minimum absolute atomic E-state index is 0.265. The number of aromatic nitrogens is 2. The minimum atomic E-state index is -0.265. The van der Waals surface area contributed by atoms with E-state index in [9.17, 15) is 4.79 Å². The second-order valence-electron chi connectivity index (χ2n) is 3.23. The highest BCUT2D eigenvalue weighted by Crippen LogP contribution is 2.04. The highest BCUT2D eigenvalue weighted by atomic mass is 16.2. The van der Waals surface area contributed by atoms with E-state index in [1.54, 1.807) is 24.0 Å². The van der Waals surface area contributed by atoms with Gasteiger partial charge in [-0.3, -0.25) is 4.68 Å². The van der Waals surface area contributed by atoms with E-state index in [-0.39, 0.29) is 6.03 Å². The molecule has 0 unspecified atom stereocenters. The van der Waals surface area contributed by atoms with Crippen molar-refractivity contribution in [1.29, 1.82) is 0 Å². The Morgan fingerprint density at radius 3 is 3.12 bits per heavy atom. The molecule has 2 amide bonds. The maximum atomic E-state index is 11.3. The fraction of sp³-hybridized carbons (Fsp3) is 0.455. The summed E-state index contributed by atoms with van der Waals surface area (Å²) in [6.07, 6.45) is 4.44. The molecule has 0 atom stereocenters. The number of hydrogen-bond acceptors (Lipinski definition) is 2. The zero-order chi connectivity index (χ0) is 11.8. The van der Waals surface area contributed by atoms with Crippen molar-refractivity contribution in [3.63, 3.8) is 0 Å². The van der Waals surface area contributed by atoms with Gasteiger partial charge in [-0.25, -0.2) is 4.79 Å². The number of urea groups is 1. The highest BCUT2D eigenvalue weighted by molar-refractivity contribution is 5.89. The smallest absolute Gasteiger partial charge is 0.320 e. The van der Waals surface area contributed by atoms with Crippen molar-refractivity contribution in [2.75, 3.05) is 11.9 Å². The van der Waals surface area contributed by atoms with Crippen LogP contribution in [0, 0.1) is 11.8 Å². The molecular formula is C11H16N4O. The Kier molecular flexibility index (Phi) is 4.93. The minimum Gasteiger partial charge on any atom is -0.327 e. The van der Waals surface area contributed by atoms with Crippen LogP contribution in [-0.2, 0) is 6.54 Å². The average Bonchev–Trinajstić information content (AvgIpc) is 2.66. The van der Waals surface area contributed by atoms with Crippen LogP contribution < -0.4 is 10.6 Å². The number of carbonyl (C=O) groups is 1. The summed E-state index contributed by atoms with van der Waals surface area (Å²) in [5, 5.41) is 9.39. The lowest BCUT2D eigenvalue weighted by Gasteiger charge is -2.01. The second-order valence-corrected chi connectivity index (χ2v) is 3.23. The van der Waals surface area contributed by atoms with Gasteiger partial charge in [-0.05, 0) is 13.3 Å². The zero-order valence-corrected chi connectivity index (χ0v) is 9.58. The molecule has 1 aromatic rings. The molecule has 0 aromatic carbocycles. The molecule has 1 heterocycles. The Morgan fingerprint density at radius 2 is 2.44 bits per heavy atom. The van der Waals surface area contributed by atoms with Gasteiger partial charge in [-0.2, -0.15) is 5.10 Å². The number of nitrogens with zero attached hydrogens (tertiary/aromatic N) is 2. The van der Waals surface area contributed by atoms with Crippen molar-refractivity contribution < 1.29 is 4.79 Å². The lowest BCUT2D eigenvalue weighted by molar-refractivity contribution is 0.253. The molecule has 0 aliphatic carbocycles. The van der Waals surface area contributed by atoms with Crippen LogP contribution in [0.5, 0.6) is 0 Å². The maximum absolute atomic E-state index is 11.3. The molecule has 5 nitrogen and oxygen atoms in total. The Bertz CT molecular complexity index is 400. The third-order valence-electron chi connectivity index (χ3n) is 1.86. The lowest BCUT2D eigenvalue weighted by atomic mass is 10.5. The van der Waals surface area contributed by atoms with Crippen LogP contribution in [0.4, 0.5) is 10.5 Å².